The van der Waals surface area contributed by atoms with Crippen LogP contribution in [0.1, 0.15) is 43.4 Å². The zero-order valence-electron chi connectivity index (χ0n) is 19.1. The number of aromatic nitrogens is 1. The number of hydrogen-bond donors (Lipinski definition) is 0. The number of nitrogens with zero attached hydrogens (tertiary/aromatic N) is 4. The molecule has 0 aromatic carbocycles. The lowest BCUT2D eigenvalue weighted by molar-refractivity contribution is 0.0555. The van der Waals surface area contributed by atoms with Crippen LogP contribution in [-0.4, -0.2) is 77.0 Å². The van der Waals surface area contributed by atoms with Crippen molar-refractivity contribution in [3.63, 3.8) is 0 Å². The summed E-state index contributed by atoms with van der Waals surface area (Å²) in [5.74, 6) is 0. The second kappa shape index (κ2) is 10.0. The van der Waals surface area contributed by atoms with Gasteiger partial charge in [-0.05, 0) is 43.5 Å². The highest BCUT2D eigenvalue weighted by Crippen LogP contribution is 2.64. The predicted octanol–water partition coefficient (Wildman–Crippen LogP) is 4.95. The van der Waals surface area contributed by atoms with E-state index in [0.717, 1.165) is 63.3 Å². The number of pyridine rings is 1. The lowest BCUT2D eigenvalue weighted by atomic mass is 10.0. The summed E-state index contributed by atoms with van der Waals surface area (Å²) in [5.41, 5.74) is 4.04. The van der Waals surface area contributed by atoms with E-state index in [0.29, 0.717) is 5.66 Å². The van der Waals surface area contributed by atoms with Gasteiger partial charge in [0.1, 0.15) is 7.36 Å². The maximum Gasteiger partial charge on any atom is 0.151 e. The first kappa shape index (κ1) is 22.7. The van der Waals surface area contributed by atoms with E-state index in [-0.39, 0.29) is 0 Å². The van der Waals surface area contributed by atoms with Crippen LogP contribution in [0.3, 0.4) is 0 Å². The van der Waals surface area contributed by atoms with Crippen LogP contribution in [0.4, 0.5) is 0 Å². The van der Waals surface area contributed by atoms with Crippen LogP contribution in [-0.2, 0) is 9.47 Å². The molecule has 2 aliphatic heterocycles. The minimum atomic E-state index is -2.04. The molecule has 0 N–H and O–H groups in total. The van der Waals surface area contributed by atoms with Crippen molar-refractivity contribution in [2.45, 2.75) is 44.7 Å². The molecular formula is C24H35N4O2PS. The number of thiocarbonyl (C=S) groups is 1. The third-order valence-corrected chi connectivity index (χ3v) is 12.1. The summed E-state index contributed by atoms with van der Waals surface area (Å²) < 4.78 is 24.8. The fourth-order valence-electron chi connectivity index (χ4n) is 5.68. The van der Waals surface area contributed by atoms with Crippen LogP contribution in [0.5, 0.6) is 0 Å². The van der Waals surface area contributed by atoms with Crippen molar-refractivity contribution in [1.29, 1.82) is 0 Å². The van der Waals surface area contributed by atoms with Gasteiger partial charge in [-0.25, -0.2) is 4.74 Å². The van der Waals surface area contributed by atoms with Crippen molar-refractivity contribution >= 4 is 30.1 Å². The van der Waals surface area contributed by atoms with Gasteiger partial charge in [0.2, 0.25) is 0 Å². The lowest BCUT2D eigenvalue weighted by Crippen LogP contribution is -2.47. The van der Waals surface area contributed by atoms with Gasteiger partial charge in [-0.2, -0.15) is 0 Å². The lowest BCUT2D eigenvalue weighted by Gasteiger charge is -2.51. The minimum absolute atomic E-state index is 0.580. The van der Waals surface area contributed by atoms with Crippen LogP contribution < -0.4 is 0 Å². The molecule has 174 valence electrons. The third-order valence-electron chi connectivity index (χ3n) is 7.18. The van der Waals surface area contributed by atoms with Crippen molar-refractivity contribution in [3.05, 3.63) is 41.7 Å². The van der Waals surface area contributed by atoms with Gasteiger partial charge in [-0.15, -0.1) is 0 Å². The van der Waals surface area contributed by atoms with Gasteiger partial charge in [0.15, 0.2) is 4.99 Å². The highest BCUT2D eigenvalue weighted by molar-refractivity contribution is 7.81. The number of aryl methyl sites for hydroxylation is 1. The minimum Gasteiger partial charge on any atom is -0.379 e. The second-order valence-corrected chi connectivity index (χ2v) is 12.8. The fraction of sp³-hybridized carbons (Fsp3) is 0.625. The molecule has 0 atom stereocenters. The van der Waals surface area contributed by atoms with Crippen LogP contribution in [0.25, 0.3) is 5.52 Å². The third kappa shape index (κ3) is 4.24. The quantitative estimate of drug-likeness (QED) is 0.463. The molecule has 1 aliphatic carbocycles. The molecular weight excluding hydrogens is 439 g/mol. The largest absolute Gasteiger partial charge is 0.379 e. The first-order valence-electron chi connectivity index (χ1n) is 12.1. The van der Waals surface area contributed by atoms with E-state index >= 15 is 0 Å². The molecule has 6 nitrogen and oxygen atoms in total. The topological polar surface area (TPSA) is 41.7 Å². The van der Waals surface area contributed by atoms with Crippen molar-refractivity contribution in [1.82, 2.24) is 13.7 Å². The molecule has 8 heteroatoms. The summed E-state index contributed by atoms with van der Waals surface area (Å²) in [4.78, 5) is 0.769. The standard InChI is InChI=1S/C24H35N4O2PS/c1-20-19-21-7-5-6-10-28(21)23(20)24(32)25-31(22-8-3-2-4-9-22,26-11-15-29-16-12-26)27-13-17-30-18-14-27/h5-7,10,19,22H,2-4,8-9,11-18H2,1H3. The maximum absolute atomic E-state index is 6.17. The van der Waals surface area contributed by atoms with E-state index < -0.39 is 7.36 Å². The molecule has 0 amide bonds. The molecule has 4 heterocycles. The van der Waals surface area contributed by atoms with Gasteiger partial charge in [0.05, 0.1) is 32.1 Å². The zero-order chi connectivity index (χ0) is 22.0. The van der Waals surface area contributed by atoms with Gasteiger partial charge in [-0.1, -0.05) is 37.5 Å². The Morgan fingerprint density at radius 2 is 1.59 bits per heavy atom. The van der Waals surface area contributed by atoms with Crippen LogP contribution in [0.2, 0.25) is 0 Å². The average Bonchev–Trinajstić information content (AvgIpc) is 3.20. The molecule has 2 aromatic rings. The summed E-state index contributed by atoms with van der Waals surface area (Å²) in [6.07, 6.45) is 8.57. The molecule has 0 bridgehead atoms. The molecule has 2 aromatic heterocycles. The summed E-state index contributed by atoms with van der Waals surface area (Å²) in [7, 11) is -2.04. The first-order valence-corrected chi connectivity index (χ1v) is 14.2. The van der Waals surface area contributed by atoms with Gasteiger partial charge in [0, 0.05) is 43.6 Å². The van der Waals surface area contributed by atoms with E-state index in [1.165, 1.54) is 43.2 Å². The Balaban J connectivity index is 1.66. The molecule has 0 unspecified atom stereocenters. The van der Waals surface area contributed by atoms with E-state index in [4.69, 9.17) is 26.4 Å². The Labute approximate surface area is 197 Å². The van der Waals surface area contributed by atoms with Gasteiger partial charge >= 0.3 is 0 Å². The maximum atomic E-state index is 6.17. The number of hydrogen-bond acceptors (Lipinski definition) is 3. The smallest absolute Gasteiger partial charge is 0.151 e. The molecule has 5 rings (SSSR count). The Morgan fingerprint density at radius 1 is 0.969 bits per heavy atom. The van der Waals surface area contributed by atoms with Crippen LogP contribution in [0.15, 0.2) is 35.2 Å². The van der Waals surface area contributed by atoms with Crippen molar-refractivity contribution in [3.8, 4) is 0 Å². The van der Waals surface area contributed by atoms with Crippen LogP contribution in [0, 0.1) is 6.92 Å². The molecule has 2 saturated heterocycles. The molecule has 0 radical (unpaired) electrons. The Kier molecular flexibility index (Phi) is 7.12. The first-order chi connectivity index (χ1) is 15.7. The van der Waals surface area contributed by atoms with Crippen molar-refractivity contribution < 1.29 is 9.47 Å². The Bertz CT molecular complexity index is 952. The highest BCUT2D eigenvalue weighted by Gasteiger charge is 2.43. The summed E-state index contributed by atoms with van der Waals surface area (Å²) in [6.45, 7) is 9.09. The summed E-state index contributed by atoms with van der Waals surface area (Å²) >= 11 is 6.17. The van der Waals surface area contributed by atoms with Gasteiger partial charge in [0.25, 0.3) is 0 Å². The average molecular weight is 475 g/mol. The Morgan fingerprint density at radius 3 is 2.22 bits per heavy atom. The van der Waals surface area contributed by atoms with E-state index in [2.05, 4.69) is 51.1 Å². The molecule has 3 fully saturated rings. The number of rotatable bonds is 4. The number of morpholine rings is 2. The van der Waals surface area contributed by atoms with Gasteiger partial charge < -0.3 is 13.9 Å². The van der Waals surface area contributed by atoms with Crippen molar-refractivity contribution in [2.24, 2.45) is 4.74 Å². The van der Waals surface area contributed by atoms with Gasteiger partial charge in [-0.3, -0.25) is 9.34 Å². The fourth-order valence-corrected chi connectivity index (χ4v) is 10.9. The van der Waals surface area contributed by atoms with Crippen LogP contribution >= 0.6 is 19.6 Å². The highest BCUT2D eigenvalue weighted by atomic mass is 32.1. The van der Waals surface area contributed by atoms with Crippen molar-refractivity contribution in [2.75, 3.05) is 52.6 Å². The number of ether oxygens (including phenoxy) is 2. The zero-order valence-corrected chi connectivity index (χ0v) is 20.8. The molecule has 32 heavy (non-hydrogen) atoms. The Hall–Kier alpha value is -1.08. The second-order valence-electron chi connectivity index (χ2n) is 9.12. The monoisotopic (exact) mass is 474 g/mol. The predicted molar refractivity (Wildman–Crippen MR) is 135 cm³/mol. The molecule has 1 saturated carbocycles. The van der Waals surface area contributed by atoms with E-state index in [1.54, 1.807) is 0 Å². The SMILES string of the molecule is Cc1cc2ccccn2c1C(=S)N=P(C1CCCCC1)(N1CCOCC1)N1CCOCC1. The molecule has 3 aliphatic rings. The molecule has 0 spiro atoms. The summed E-state index contributed by atoms with van der Waals surface area (Å²) in [6, 6.07) is 8.53. The van der Waals surface area contributed by atoms with E-state index in [1.807, 2.05) is 0 Å². The van der Waals surface area contributed by atoms with E-state index in [9.17, 15) is 0 Å². The number of fused-ring (bicyclic) bond motifs is 1. The normalized spacial score (nSPS) is 22.3. The summed E-state index contributed by atoms with van der Waals surface area (Å²) in [5, 5.41) is 0.